The maximum atomic E-state index is 6.62. The van der Waals surface area contributed by atoms with Gasteiger partial charge in [0.1, 0.15) is 0 Å². The lowest BCUT2D eigenvalue weighted by Crippen LogP contribution is -2.42. The Hall–Kier alpha value is -0.300. The van der Waals surface area contributed by atoms with Gasteiger partial charge in [-0.05, 0) is 36.5 Å². The molecule has 106 valence electrons. The standard InChI is InChI=1S/C17H33N/c1-5-7-9-15(12-13(3)4)17(18)16(6-2)14-10-8-11-14/h7,9,13-17H,5-6,8,10-12,18H2,1-4H3. The van der Waals surface area contributed by atoms with Crippen molar-refractivity contribution in [2.24, 2.45) is 29.4 Å². The van der Waals surface area contributed by atoms with E-state index in [9.17, 15) is 0 Å². The molecule has 0 aromatic rings. The molecule has 1 aliphatic carbocycles. The summed E-state index contributed by atoms with van der Waals surface area (Å²) in [7, 11) is 0. The minimum absolute atomic E-state index is 0.366. The molecular weight excluding hydrogens is 218 g/mol. The van der Waals surface area contributed by atoms with Crippen molar-refractivity contribution in [2.75, 3.05) is 0 Å². The second kappa shape index (κ2) is 7.99. The summed E-state index contributed by atoms with van der Waals surface area (Å²) in [4.78, 5) is 0. The van der Waals surface area contributed by atoms with E-state index in [-0.39, 0.29) is 0 Å². The van der Waals surface area contributed by atoms with Crippen LogP contribution in [0.1, 0.15) is 66.2 Å². The first-order chi connectivity index (χ1) is 8.60. The number of allylic oxidation sites excluding steroid dienone is 1. The van der Waals surface area contributed by atoms with Gasteiger partial charge >= 0.3 is 0 Å². The normalized spacial score (nSPS) is 22.1. The molecule has 0 bridgehead atoms. The molecule has 0 radical (unpaired) electrons. The Bertz CT molecular complexity index is 240. The Morgan fingerprint density at radius 3 is 2.28 bits per heavy atom. The smallest absolute Gasteiger partial charge is 0.0133 e. The zero-order valence-electron chi connectivity index (χ0n) is 12.9. The van der Waals surface area contributed by atoms with Gasteiger partial charge in [-0.1, -0.05) is 65.5 Å². The van der Waals surface area contributed by atoms with Crippen LogP contribution < -0.4 is 5.73 Å². The summed E-state index contributed by atoms with van der Waals surface area (Å²) in [6, 6.07) is 0.366. The average molecular weight is 251 g/mol. The van der Waals surface area contributed by atoms with Crippen LogP contribution >= 0.6 is 0 Å². The van der Waals surface area contributed by atoms with E-state index >= 15 is 0 Å². The molecule has 3 unspecified atom stereocenters. The summed E-state index contributed by atoms with van der Waals surface area (Å²) in [5, 5.41) is 0. The average Bonchev–Trinajstić information content (AvgIpc) is 2.27. The highest BCUT2D eigenvalue weighted by atomic mass is 14.7. The summed E-state index contributed by atoms with van der Waals surface area (Å²) in [5.74, 6) is 2.97. The fourth-order valence-corrected chi connectivity index (χ4v) is 3.32. The molecule has 0 saturated heterocycles. The van der Waals surface area contributed by atoms with Gasteiger partial charge in [0, 0.05) is 6.04 Å². The van der Waals surface area contributed by atoms with E-state index in [1.807, 2.05) is 0 Å². The van der Waals surface area contributed by atoms with Gasteiger partial charge in [-0.3, -0.25) is 0 Å². The highest BCUT2D eigenvalue weighted by Gasteiger charge is 2.33. The molecule has 1 aliphatic rings. The lowest BCUT2D eigenvalue weighted by atomic mass is 9.68. The van der Waals surface area contributed by atoms with Crippen LogP contribution in [0.3, 0.4) is 0 Å². The van der Waals surface area contributed by atoms with Gasteiger partial charge in [-0.2, -0.15) is 0 Å². The van der Waals surface area contributed by atoms with Crippen LogP contribution in [-0.4, -0.2) is 6.04 Å². The SMILES string of the molecule is CCC=CC(CC(C)C)C(N)C(CC)C1CCC1. The van der Waals surface area contributed by atoms with Crippen molar-refractivity contribution in [2.45, 2.75) is 72.3 Å². The van der Waals surface area contributed by atoms with E-state index in [4.69, 9.17) is 5.73 Å². The van der Waals surface area contributed by atoms with Crippen LogP contribution in [0, 0.1) is 23.7 Å². The number of hydrogen-bond donors (Lipinski definition) is 1. The van der Waals surface area contributed by atoms with Crippen molar-refractivity contribution in [1.82, 2.24) is 0 Å². The van der Waals surface area contributed by atoms with Crippen molar-refractivity contribution in [3.8, 4) is 0 Å². The highest BCUT2D eigenvalue weighted by Crippen LogP contribution is 2.39. The first kappa shape index (κ1) is 15.8. The van der Waals surface area contributed by atoms with Crippen molar-refractivity contribution >= 4 is 0 Å². The van der Waals surface area contributed by atoms with Crippen LogP contribution in [0.5, 0.6) is 0 Å². The fourth-order valence-electron chi connectivity index (χ4n) is 3.32. The van der Waals surface area contributed by atoms with Gasteiger partial charge < -0.3 is 5.73 Å². The largest absolute Gasteiger partial charge is 0.327 e. The van der Waals surface area contributed by atoms with Crippen molar-refractivity contribution in [1.29, 1.82) is 0 Å². The van der Waals surface area contributed by atoms with E-state index < -0.39 is 0 Å². The molecule has 0 heterocycles. The van der Waals surface area contributed by atoms with Crippen molar-refractivity contribution in [3.05, 3.63) is 12.2 Å². The van der Waals surface area contributed by atoms with Gasteiger partial charge in [-0.25, -0.2) is 0 Å². The molecule has 0 amide bonds. The monoisotopic (exact) mass is 251 g/mol. The summed E-state index contributed by atoms with van der Waals surface area (Å²) < 4.78 is 0. The molecule has 0 aromatic carbocycles. The molecule has 1 saturated carbocycles. The van der Waals surface area contributed by atoms with E-state index in [1.165, 1.54) is 32.1 Å². The quantitative estimate of drug-likeness (QED) is 0.618. The second-order valence-electron chi connectivity index (χ2n) is 6.47. The van der Waals surface area contributed by atoms with Gasteiger partial charge in [0.2, 0.25) is 0 Å². The van der Waals surface area contributed by atoms with Crippen LogP contribution in [0.2, 0.25) is 0 Å². The summed E-state index contributed by atoms with van der Waals surface area (Å²) in [6.45, 7) is 9.14. The third kappa shape index (κ3) is 4.42. The van der Waals surface area contributed by atoms with Crippen LogP contribution in [0.15, 0.2) is 12.2 Å². The predicted octanol–water partition coefficient (Wildman–Crippen LogP) is 4.77. The number of hydrogen-bond acceptors (Lipinski definition) is 1. The summed E-state index contributed by atoms with van der Waals surface area (Å²) in [6.07, 6.45) is 12.6. The second-order valence-corrected chi connectivity index (χ2v) is 6.47. The molecule has 1 fully saturated rings. The van der Waals surface area contributed by atoms with E-state index in [0.717, 1.165) is 24.2 Å². The maximum absolute atomic E-state index is 6.62. The predicted molar refractivity (Wildman–Crippen MR) is 81.5 cm³/mol. The zero-order chi connectivity index (χ0) is 13.5. The molecule has 0 aromatic heterocycles. The Morgan fingerprint density at radius 1 is 1.22 bits per heavy atom. The van der Waals surface area contributed by atoms with Gasteiger partial charge in [0.15, 0.2) is 0 Å². The topological polar surface area (TPSA) is 26.0 Å². The third-order valence-electron chi connectivity index (χ3n) is 4.58. The minimum atomic E-state index is 0.366. The third-order valence-corrected chi connectivity index (χ3v) is 4.58. The number of rotatable bonds is 8. The molecule has 2 N–H and O–H groups in total. The molecule has 1 nitrogen and oxygen atoms in total. The van der Waals surface area contributed by atoms with Crippen LogP contribution in [-0.2, 0) is 0 Å². The molecule has 1 heteroatoms. The number of nitrogens with two attached hydrogens (primary N) is 1. The lowest BCUT2D eigenvalue weighted by Gasteiger charge is -2.39. The van der Waals surface area contributed by atoms with E-state index in [1.54, 1.807) is 0 Å². The Balaban J connectivity index is 2.65. The molecule has 18 heavy (non-hydrogen) atoms. The van der Waals surface area contributed by atoms with Crippen LogP contribution in [0.25, 0.3) is 0 Å². The Morgan fingerprint density at radius 2 is 1.89 bits per heavy atom. The van der Waals surface area contributed by atoms with E-state index in [0.29, 0.717) is 12.0 Å². The molecule has 3 atom stereocenters. The maximum Gasteiger partial charge on any atom is 0.0133 e. The molecule has 0 aliphatic heterocycles. The molecule has 0 spiro atoms. The zero-order valence-corrected chi connectivity index (χ0v) is 12.9. The Labute approximate surface area is 114 Å². The van der Waals surface area contributed by atoms with Gasteiger partial charge in [0.25, 0.3) is 0 Å². The fraction of sp³-hybridized carbons (Fsp3) is 0.882. The summed E-state index contributed by atoms with van der Waals surface area (Å²) >= 11 is 0. The van der Waals surface area contributed by atoms with Crippen molar-refractivity contribution < 1.29 is 0 Å². The van der Waals surface area contributed by atoms with E-state index in [2.05, 4.69) is 39.8 Å². The molecule has 1 rings (SSSR count). The van der Waals surface area contributed by atoms with Crippen LogP contribution in [0.4, 0.5) is 0 Å². The first-order valence-electron chi connectivity index (χ1n) is 8.02. The molecular formula is C17H33N. The summed E-state index contributed by atoms with van der Waals surface area (Å²) in [5.41, 5.74) is 6.62. The lowest BCUT2D eigenvalue weighted by molar-refractivity contribution is 0.149. The minimum Gasteiger partial charge on any atom is -0.327 e. The van der Waals surface area contributed by atoms with Gasteiger partial charge in [0.05, 0.1) is 0 Å². The van der Waals surface area contributed by atoms with Gasteiger partial charge in [-0.15, -0.1) is 0 Å². The highest BCUT2D eigenvalue weighted by molar-refractivity contribution is 4.97. The van der Waals surface area contributed by atoms with Crippen molar-refractivity contribution in [3.63, 3.8) is 0 Å². The first-order valence-corrected chi connectivity index (χ1v) is 8.02. The Kier molecular flexibility index (Phi) is 6.99.